The highest BCUT2D eigenvalue weighted by atomic mass is 19.1. The Bertz CT molecular complexity index is 620. The first-order valence-electron chi connectivity index (χ1n) is 5.32. The van der Waals surface area contributed by atoms with Gasteiger partial charge in [0.1, 0.15) is 17.1 Å². The highest BCUT2D eigenvalue weighted by molar-refractivity contribution is 5.91. The van der Waals surface area contributed by atoms with Gasteiger partial charge in [-0.05, 0) is 47.9 Å². The Morgan fingerprint density at radius 1 is 1.17 bits per heavy atom. The molecule has 4 heteroatoms. The third-order valence-electron chi connectivity index (χ3n) is 2.74. The van der Waals surface area contributed by atoms with Crippen molar-refractivity contribution in [1.82, 2.24) is 0 Å². The number of rotatable bonds is 2. The lowest BCUT2D eigenvalue weighted by molar-refractivity contribution is 0.0694. The number of aromatic carboxylic acids is 1. The number of hydrogen-bond donors (Lipinski definition) is 2. The van der Waals surface area contributed by atoms with Crippen LogP contribution in [0.1, 0.15) is 15.9 Å². The van der Waals surface area contributed by atoms with Crippen LogP contribution < -0.4 is 0 Å². The normalized spacial score (nSPS) is 10.3. The second-order valence-corrected chi connectivity index (χ2v) is 4.00. The Morgan fingerprint density at radius 3 is 2.50 bits per heavy atom. The van der Waals surface area contributed by atoms with Gasteiger partial charge in [0, 0.05) is 0 Å². The van der Waals surface area contributed by atoms with Crippen LogP contribution in [0.3, 0.4) is 0 Å². The number of carboxylic acids is 1. The van der Waals surface area contributed by atoms with E-state index >= 15 is 0 Å². The average molecular weight is 246 g/mol. The lowest BCUT2D eigenvalue weighted by Crippen LogP contribution is -1.96. The van der Waals surface area contributed by atoms with Gasteiger partial charge in [-0.25, -0.2) is 9.18 Å². The molecule has 0 spiro atoms. The molecule has 0 saturated heterocycles. The molecule has 0 unspecified atom stereocenters. The van der Waals surface area contributed by atoms with Gasteiger partial charge in [0.15, 0.2) is 0 Å². The molecule has 18 heavy (non-hydrogen) atoms. The van der Waals surface area contributed by atoms with E-state index < -0.39 is 5.97 Å². The molecule has 2 rings (SSSR count). The van der Waals surface area contributed by atoms with Crippen molar-refractivity contribution in [2.24, 2.45) is 0 Å². The number of halogens is 1. The van der Waals surface area contributed by atoms with Crippen LogP contribution in [0.15, 0.2) is 36.4 Å². The Hall–Kier alpha value is -2.36. The fourth-order valence-electron chi connectivity index (χ4n) is 1.79. The Morgan fingerprint density at radius 2 is 1.89 bits per heavy atom. The highest BCUT2D eigenvalue weighted by Gasteiger charge is 2.11. The minimum absolute atomic E-state index is 0.173. The van der Waals surface area contributed by atoms with Gasteiger partial charge in [-0.15, -0.1) is 0 Å². The topological polar surface area (TPSA) is 57.5 Å². The number of carboxylic acid groups (broad SMARTS) is 1. The number of hydrogen-bond acceptors (Lipinski definition) is 2. The average Bonchev–Trinajstić information content (AvgIpc) is 2.31. The van der Waals surface area contributed by atoms with Gasteiger partial charge < -0.3 is 10.2 Å². The quantitative estimate of drug-likeness (QED) is 0.855. The molecule has 0 aliphatic heterocycles. The second-order valence-electron chi connectivity index (χ2n) is 4.00. The van der Waals surface area contributed by atoms with Crippen molar-refractivity contribution >= 4 is 5.97 Å². The van der Waals surface area contributed by atoms with Gasteiger partial charge >= 0.3 is 5.97 Å². The lowest BCUT2D eigenvalue weighted by atomic mass is 9.99. The molecular formula is C14H11FO3. The maximum atomic E-state index is 13.2. The summed E-state index contributed by atoms with van der Waals surface area (Å²) in [5.41, 5.74) is 1.88. The zero-order valence-corrected chi connectivity index (χ0v) is 9.64. The van der Waals surface area contributed by atoms with Crippen LogP contribution in [0.4, 0.5) is 4.39 Å². The smallest absolute Gasteiger partial charge is 0.339 e. The first kappa shape index (κ1) is 12.1. The van der Waals surface area contributed by atoms with Crippen molar-refractivity contribution in [2.75, 3.05) is 0 Å². The van der Waals surface area contributed by atoms with Gasteiger partial charge in [-0.2, -0.15) is 0 Å². The molecule has 0 aliphatic rings. The molecule has 0 aromatic heterocycles. The van der Waals surface area contributed by atoms with Crippen molar-refractivity contribution < 1.29 is 19.4 Å². The van der Waals surface area contributed by atoms with Gasteiger partial charge in [0.25, 0.3) is 0 Å². The maximum absolute atomic E-state index is 13.2. The molecule has 0 radical (unpaired) electrons. The zero-order valence-electron chi connectivity index (χ0n) is 9.64. The molecule has 3 nitrogen and oxygen atoms in total. The van der Waals surface area contributed by atoms with Crippen molar-refractivity contribution in [1.29, 1.82) is 0 Å². The molecule has 0 amide bonds. The van der Waals surface area contributed by atoms with E-state index in [0.29, 0.717) is 11.1 Å². The zero-order chi connectivity index (χ0) is 13.3. The number of aryl methyl sites for hydroxylation is 1. The first-order valence-corrected chi connectivity index (χ1v) is 5.32. The molecule has 92 valence electrons. The lowest BCUT2D eigenvalue weighted by Gasteiger charge is -2.08. The standard InChI is InChI=1S/C14H11FO3/c1-8-2-4-10(15)7-12(8)9-3-5-11(14(17)18)13(16)6-9/h2-7,16H,1H3,(H,17,18). The van der Waals surface area contributed by atoms with Crippen LogP contribution in [-0.2, 0) is 0 Å². The summed E-state index contributed by atoms with van der Waals surface area (Å²) in [6, 6.07) is 8.51. The molecular weight excluding hydrogens is 235 g/mol. The molecule has 2 aromatic carbocycles. The Kier molecular flexibility index (Phi) is 3.02. The largest absolute Gasteiger partial charge is 0.507 e. The fourth-order valence-corrected chi connectivity index (χ4v) is 1.79. The molecule has 0 heterocycles. The molecule has 0 aliphatic carbocycles. The van der Waals surface area contributed by atoms with Gasteiger partial charge in [0.2, 0.25) is 0 Å². The van der Waals surface area contributed by atoms with E-state index in [1.54, 1.807) is 12.1 Å². The maximum Gasteiger partial charge on any atom is 0.339 e. The summed E-state index contributed by atoms with van der Waals surface area (Å²) < 4.78 is 13.2. The molecule has 0 atom stereocenters. The predicted octanol–water partition coefficient (Wildman–Crippen LogP) is 3.20. The first-order chi connectivity index (χ1) is 8.49. The summed E-state index contributed by atoms with van der Waals surface area (Å²) >= 11 is 0. The van der Waals surface area contributed by atoms with E-state index in [-0.39, 0.29) is 17.1 Å². The van der Waals surface area contributed by atoms with Crippen LogP contribution in [-0.4, -0.2) is 16.2 Å². The third kappa shape index (κ3) is 2.18. The van der Waals surface area contributed by atoms with Crippen molar-refractivity contribution in [3.05, 3.63) is 53.3 Å². The van der Waals surface area contributed by atoms with E-state index in [4.69, 9.17) is 5.11 Å². The monoisotopic (exact) mass is 246 g/mol. The summed E-state index contributed by atoms with van der Waals surface area (Å²) in [7, 11) is 0. The predicted molar refractivity (Wildman–Crippen MR) is 65.2 cm³/mol. The summed E-state index contributed by atoms with van der Waals surface area (Å²) in [5, 5.41) is 18.4. The molecule has 2 aromatic rings. The molecule has 0 saturated carbocycles. The highest BCUT2D eigenvalue weighted by Crippen LogP contribution is 2.29. The molecule has 0 fully saturated rings. The van der Waals surface area contributed by atoms with Crippen LogP contribution >= 0.6 is 0 Å². The minimum Gasteiger partial charge on any atom is -0.507 e. The van der Waals surface area contributed by atoms with Gasteiger partial charge in [-0.1, -0.05) is 12.1 Å². The SMILES string of the molecule is Cc1ccc(F)cc1-c1ccc(C(=O)O)c(O)c1. The Balaban J connectivity index is 2.55. The second kappa shape index (κ2) is 4.49. The number of phenols is 1. The summed E-state index contributed by atoms with van der Waals surface area (Å²) in [6.07, 6.45) is 0. The van der Waals surface area contributed by atoms with E-state index in [0.717, 1.165) is 5.56 Å². The fraction of sp³-hybridized carbons (Fsp3) is 0.0714. The van der Waals surface area contributed by atoms with E-state index in [1.807, 2.05) is 6.92 Å². The number of aromatic hydroxyl groups is 1. The summed E-state index contributed by atoms with van der Waals surface area (Å²) in [6.45, 7) is 1.82. The van der Waals surface area contributed by atoms with E-state index in [2.05, 4.69) is 0 Å². The summed E-state index contributed by atoms with van der Waals surface area (Å²) in [5.74, 6) is -1.91. The van der Waals surface area contributed by atoms with Crippen molar-refractivity contribution in [3.8, 4) is 16.9 Å². The van der Waals surface area contributed by atoms with Crippen molar-refractivity contribution in [3.63, 3.8) is 0 Å². The van der Waals surface area contributed by atoms with Crippen LogP contribution in [0.2, 0.25) is 0 Å². The van der Waals surface area contributed by atoms with Crippen LogP contribution in [0.25, 0.3) is 11.1 Å². The molecule has 2 N–H and O–H groups in total. The third-order valence-corrected chi connectivity index (χ3v) is 2.74. The van der Waals surface area contributed by atoms with E-state index in [9.17, 15) is 14.3 Å². The number of benzene rings is 2. The van der Waals surface area contributed by atoms with Gasteiger partial charge in [0.05, 0.1) is 0 Å². The van der Waals surface area contributed by atoms with Crippen LogP contribution in [0.5, 0.6) is 5.75 Å². The minimum atomic E-state index is -1.20. The summed E-state index contributed by atoms with van der Waals surface area (Å²) in [4.78, 5) is 10.8. The number of carbonyl (C=O) groups is 1. The molecule has 0 bridgehead atoms. The van der Waals surface area contributed by atoms with E-state index in [1.165, 1.54) is 24.3 Å². The Labute approximate surface area is 103 Å². The van der Waals surface area contributed by atoms with Crippen molar-refractivity contribution in [2.45, 2.75) is 6.92 Å². The van der Waals surface area contributed by atoms with Crippen LogP contribution in [0, 0.1) is 12.7 Å². The van der Waals surface area contributed by atoms with Gasteiger partial charge in [-0.3, -0.25) is 0 Å².